The molecule has 8 heteroatoms. The van der Waals surface area contributed by atoms with Crippen LogP contribution in [0.5, 0.6) is 0 Å². The van der Waals surface area contributed by atoms with E-state index in [0.29, 0.717) is 0 Å². The number of nitrogens with zero attached hydrogens (tertiary/aromatic N) is 6. The van der Waals surface area contributed by atoms with E-state index in [4.69, 9.17) is 4.98 Å². The van der Waals surface area contributed by atoms with Crippen molar-refractivity contribution >= 4 is 50.6 Å². The van der Waals surface area contributed by atoms with Crippen LogP contribution in [0.2, 0.25) is 0 Å². The molecule has 6 nitrogen and oxygen atoms in total. The van der Waals surface area contributed by atoms with Crippen molar-refractivity contribution < 1.29 is 0 Å². The highest BCUT2D eigenvalue weighted by atomic mass is 127. The summed E-state index contributed by atoms with van der Waals surface area (Å²) in [5, 5.41) is 1.10. The summed E-state index contributed by atoms with van der Waals surface area (Å²) in [5.41, 5.74) is 2.99. The largest absolute Gasteiger partial charge is 0.317 e. The molecule has 0 amide bonds. The predicted molar refractivity (Wildman–Crippen MR) is 105 cm³/mol. The third-order valence-electron chi connectivity index (χ3n) is 4.33. The van der Waals surface area contributed by atoms with Gasteiger partial charge in [-0.05, 0) is 73.0 Å². The van der Waals surface area contributed by atoms with Gasteiger partial charge in [0.2, 0.25) is 0 Å². The van der Waals surface area contributed by atoms with Gasteiger partial charge in [0.25, 0.3) is 0 Å². The normalized spacial score (nSPS) is 15.5. The lowest BCUT2D eigenvalue weighted by molar-refractivity contribution is 0.328. The number of aryl methyl sites for hydroxylation is 1. The number of imidazole rings is 1. The monoisotopic (exact) mass is 454 g/mol. The van der Waals surface area contributed by atoms with Crippen LogP contribution in [0.15, 0.2) is 18.5 Å². The van der Waals surface area contributed by atoms with Crippen LogP contribution in [-0.4, -0.2) is 43.8 Å². The van der Waals surface area contributed by atoms with Gasteiger partial charge in [-0.2, -0.15) is 4.37 Å². The SMILES string of the molecule is Cc1cn2c(I)cnc2c(N(C)c2cc(CN3CCCC3)ns2)n1. The lowest BCUT2D eigenvalue weighted by Crippen LogP contribution is -2.18. The summed E-state index contributed by atoms with van der Waals surface area (Å²) >= 11 is 3.82. The van der Waals surface area contributed by atoms with E-state index >= 15 is 0 Å². The summed E-state index contributed by atoms with van der Waals surface area (Å²) in [6, 6.07) is 2.18. The molecule has 3 aromatic heterocycles. The van der Waals surface area contributed by atoms with E-state index in [1.165, 1.54) is 37.5 Å². The quantitative estimate of drug-likeness (QED) is 0.566. The average molecular weight is 454 g/mol. The molecule has 1 aliphatic rings. The number of aromatic nitrogens is 4. The van der Waals surface area contributed by atoms with E-state index in [-0.39, 0.29) is 0 Å². The Morgan fingerprint density at radius 2 is 2.12 bits per heavy atom. The first-order valence-electron chi connectivity index (χ1n) is 8.04. The molecule has 0 aromatic carbocycles. The minimum atomic E-state index is 0.870. The Kier molecular flexibility index (Phi) is 4.44. The zero-order valence-corrected chi connectivity index (χ0v) is 16.7. The van der Waals surface area contributed by atoms with Crippen LogP contribution < -0.4 is 4.90 Å². The third-order valence-corrected chi connectivity index (χ3v) is 6.03. The summed E-state index contributed by atoms with van der Waals surface area (Å²) < 4.78 is 7.81. The van der Waals surface area contributed by atoms with E-state index < -0.39 is 0 Å². The second-order valence-electron chi connectivity index (χ2n) is 6.18. The zero-order valence-electron chi connectivity index (χ0n) is 13.7. The van der Waals surface area contributed by atoms with E-state index in [9.17, 15) is 0 Å². The third kappa shape index (κ3) is 3.02. The number of fused-ring (bicyclic) bond motifs is 1. The lowest BCUT2D eigenvalue weighted by Gasteiger charge is -2.17. The van der Waals surface area contributed by atoms with Crippen LogP contribution in [0.25, 0.3) is 5.65 Å². The van der Waals surface area contributed by atoms with Crippen molar-refractivity contribution in [3.8, 4) is 0 Å². The molecular formula is C16H19IN6S. The van der Waals surface area contributed by atoms with Gasteiger partial charge in [0.1, 0.15) is 8.70 Å². The van der Waals surface area contributed by atoms with E-state index in [1.54, 1.807) is 0 Å². The van der Waals surface area contributed by atoms with E-state index in [1.807, 2.05) is 26.4 Å². The van der Waals surface area contributed by atoms with Crippen molar-refractivity contribution in [2.45, 2.75) is 26.3 Å². The standard InChI is InChI=1S/C16H19IN6S/c1-11-9-23-13(17)8-18-15(23)16(19-11)21(2)14-7-12(20-24-14)10-22-5-3-4-6-22/h7-9H,3-6,10H2,1-2H3. The van der Waals surface area contributed by atoms with Crippen LogP contribution in [0.3, 0.4) is 0 Å². The maximum Gasteiger partial charge on any atom is 0.181 e. The van der Waals surface area contributed by atoms with Gasteiger partial charge in [-0.3, -0.25) is 9.30 Å². The minimum Gasteiger partial charge on any atom is -0.317 e. The molecule has 0 spiro atoms. The molecule has 0 N–H and O–H groups in total. The number of anilines is 2. The number of hydrogen-bond acceptors (Lipinski definition) is 6. The van der Waals surface area contributed by atoms with E-state index in [2.05, 4.69) is 52.2 Å². The van der Waals surface area contributed by atoms with Crippen LogP contribution in [0, 0.1) is 10.6 Å². The Hall–Kier alpha value is -1.26. The van der Waals surface area contributed by atoms with Crippen molar-refractivity contribution in [2.24, 2.45) is 0 Å². The number of hydrogen-bond donors (Lipinski definition) is 0. The van der Waals surface area contributed by atoms with Gasteiger partial charge >= 0.3 is 0 Å². The summed E-state index contributed by atoms with van der Waals surface area (Å²) in [6.07, 6.45) is 6.51. The van der Waals surface area contributed by atoms with Crippen LogP contribution in [-0.2, 0) is 6.54 Å². The molecule has 1 aliphatic heterocycles. The van der Waals surface area contributed by atoms with Crippen LogP contribution >= 0.6 is 34.1 Å². The first kappa shape index (κ1) is 16.2. The van der Waals surface area contributed by atoms with Crippen molar-refractivity contribution in [2.75, 3.05) is 25.0 Å². The molecule has 0 unspecified atom stereocenters. The molecule has 3 aromatic rings. The van der Waals surface area contributed by atoms with Gasteiger partial charge in [0, 0.05) is 19.8 Å². The lowest BCUT2D eigenvalue weighted by atomic mass is 10.4. The molecule has 0 saturated carbocycles. The Morgan fingerprint density at radius 1 is 1.33 bits per heavy atom. The smallest absolute Gasteiger partial charge is 0.181 e. The first-order chi connectivity index (χ1) is 11.6. The van der Waals surface area contributed by atoms with Crippen molar-refractivity contribution in [1.29, 1.82) is 0 Å². The second-order valence-corrected chi connectivity index (χ2v) is 8.07. The molecule has 4 rings (SSSR count). The first-order valence-corrected chi connectivity index (χ1v) is 9.89. The minimum absolute atomic E-state index is 0.870. The Morgan fingerprint density at radius 3 is 2.92 bits per heavy atom. The van der Waals surface area contributed by atoms with Gasteiger partial charge < -0.3 is 4.90 Å². The van der Waals surface area contributed by atoms with Gasteiger partial charge in [0.15, 0.2) is 11.5 Å². The van der Waals surface area contributed by atoms with Gasteiger partial charge in [0.05, 0.1) is 17.6 Å². The number of halogens is 1. The molecule has 0 aliphatic carbocycles. The highest BCUT2D eigenvalue weighted by Crippen LogP contribution is 2.30. The number of likely N-dealkylation sites (tertiary alicyclic amines) is 1. The maximum atomic E-state index is 4.71. The second kappa shape index (κ2) is 6.57. The molecular weight excluding hydrogens is 435 g/mol. The van der Waals surface area contributed by atoms with E-state index in [0.717, 1.165) is 38.1 Å². The molecule has 4 heterocycles. The Bertz CT molecular complexity index is 867. The van der Waals surface area contributed by atoms with Crippen molar-refractivity contribution in [1.82, 2.24) is 23.6 Å². The molecule has 126 valence electrons. The topological polar surface area (TPSA) is 49.6 Å². The average Bonchev–Trinajstić information content (AvgIpc) is 3.30. The highest BCUT2D eigenvalue weighted by molar-refractivity contribution is 14.1. The highest BCUT2D eigenvalue weighted by Gasteiger charge is 2.18. The summed E-state index contributed by atoms with van der Waals surface area (Å²) in [5.74, 6) is 0.870. The zero-order chi connectivity index (χ0) is 16.7. The van der Waals surface area contributed by atoms with Gasteiger partial charge in [-0.25, -0.2) is 9.97 Å². The molecule has 0 bridgehead atoms. The summed E-state index contributed by atoms with van der Waals surface area (Å²) in [4.78, 5) is 13.8. The maximum absolute atomic E-state index is 4.71. The summed E-state index contributed by atoms with van der Waals surface area (Å²) in [7, 11) is 2.04. The fraction of sp³-hybridized carbons (Fsp3) is 0.438. The summed E-state index contributed by atoms with van der Waals surface area (Å²) in [6.45, 7) is 5.34. The van der Waals surface area contributed by atoms with Gasteiger partial charge in [-0.1, -0.05) is 0 Å². The molecule has 24 heavy (non-hydrogen) atoms. The fourth-order valence-electron chi connectivity index (χ4n) is 3.09. The molecule has 0 atom stereocenters. The van der Waals surface area contributed by atoms with Crippen molar-refractivity contribution in [3.63, 3.8) is 0 Å². The number of rotatable bonds is 4. The molecule has 1 saturated heterocycles. The van der Waals surface area contributed by atoms with Crippen LogP contribution in [0.4, 0.5) is 10.8 Å². The predicted octanol–water partition coefficient (Wildman–Crippen LogP) is 3.46. The fourth-order valence-corrected chi connectivity index (χ4v) is 4.32. The van der Waals surface area contributed by atoms with Crippen LogP contribution in [0.1, 0.15) is 24.2 Å². The Labute approximate surface area is 158 Å². The molecule has 1 fully saturated rings. The Balaban J connectivity index is 1.64. The van der Waals surface area contributed by atoms with Crippen molar-refractivity contribution in [3.05, 3.63) is 33.5 Å². The molecule has 0 radical (unpaired) electrons. The van der Waals surface area contributed by atoms with Gasteiger partial charge in [-0.15, -0.1) is 0 Å².